The highest BCUT2D eigenvalue weighted by Crippen LogP contribution is 2.25. The number of urea groups is 1. The lowest BCUT2D eigenvalue weighted by atomic mass is 10.0. The molecule has 0 radical (unpaired) electrons. The summed E-state index contributed by atoms with van der Waals surface area (Å²) in [6, 6.07) is 7.32. The molecule has 0 saturated heterocycles. The summed E-state index contributed by atoms with van der Waals surface area (Å²) < 4.78 is 0. The van der Waals surface area contributed by atoms with E-state index < -0.39 is 0 Å². The van der Waals surface area contributed by atoms with Crippen LogP contribution in [0, 0.1) is 12.8 Å². The molecule has 2 aromatic rings. The molecule has 0 aliphatic rings. The Morgan fingerprint density at radius 3 is 2.78 bits per heavy atom. The fourth-order valence-electron chi connectivity index (χ4n) is 2.26. The molecule has 1 atom stereocenters. The van der Waals surface area contributed by atoms with Crippen molar-refractivity contribution >= 4 is 23.1 Å². The maximum atomic E-state index is 12.1. The molecule has 5 nitrogen and oxygen atoms in total. The molecule has 0 aliphatic heterocycles. The number of hydrogen-bond donors (Lipinski definition) is 3. The number of anilines is 1. The summed E-state index contributed by atoms with van der Waals surface area (Å²) >= 11 is 1.58. The normalized spacial score (nSPS) is 12.2. The molecule has 1 aromatic carbocycles. The van der Waals surface area contributed by atoms with Crippen LogP contribution in [-0.2, 0) is 0 Å². The average Bonchev–Trinajstić information content (AvgIpc) is 2.93. The topological polar surface area (TPSA) is 74.2 Å². The van der Waals surface area contributed by atoms with E-state index in [-0.39, 0.29) is 24.6 Å². The fourth-order valence-corrected chi connectivity index (χ4v) is 3.06. The zero-order chi connectivity index (χ0) is 16.8. The Balaban J connectivity index is 2.04. The van der Waals surface area contributed by atoms with E-state index in [0.29, 0.717) is 6.42 Å². The maximum Gasteiger partial charge on any atom is 0.319 e. The second kappa shape index (κ2) is 8.08. The molecule has 1 aromatic heterocycles. The number of carbonyl (C=O) groups is 1. The first-order valence-corrected chi connectivity index (χ1v) is 8.58. The lowest BCUT2D eigenvalue weighted by molar-refractivity contribution is 0.227. The van der Waals surface area contributed by atoms with E-state index in [1.807, 2.05) is 50.4 Å². The number of thiazole rings is 1. The quantitative estimate of drug-likeness (QED) is 0.755. The number of nitrogens with one attached hydrogen (secondary N) is 2. The van der Waals surface area contributed by atoms with Crippen LogP contribution in [0.4, 0.5) is 10.5 Å². The zero-order valence-corrected chi connectivity index (χ0v) is 14.5. The SMILES string of the molecule is Cc1csc(-c2cccc(NC(=O)NC(CCO)C(C)C)c2)n1. The Bertz CT molecular complexity index is 655. The van der Waals surface area contributed by atoms with Gasteiger partial charge in [-0.05, 0) is 31.4 Å². The zero-order valence-electron chi connectivity index (χ0n) is 13.7. The minimum atomic E-state index is -0.260. The monoisotopic (exact) mass is 333 g/mol. The molecular formula is C17H23N3O2S. The molecule has 124 valence electrons. The number of aliphatic hydroxyl groups excluding tert-OH is 1. The third-order valence-electron chi connectivity index (χ3n) is 3.55. The number of aliphatic hydroxyl groups is 1. The highest BCUT2D eigenvalue weighted by Gasteiger charge is 2.15. The average molecular weight is 333 g/mol. The molecule has 2 rings (SSSR count). The van der Waals surface area contributed by atoms with Crippen molar-refractivity contribution in [2.45, 2.75) is 33.2 Å². The summed E-state index contributed by atoms with van der Waals surface area (Å²) in [4.78, 5) is 16.6. The van der Waals surface area contributed by atoms with Gasteiger partial charge in [0, 0.05) is 35.0 Å². The van der Waals surface area contributed by atoms with Crippen molar-refractivity contribution in [1.29, 1.82) is 0 Å². The van der Waals surface area contributed by atoms with Crippen molar-refractivity contribution in [2.75, 3.05) is 11.9 Å². The van der Waals surface area contributed by atoms with Crippen LogP contribution < -0.4 is 10.6 Å². The van der Waals surface area contributed by atoms with E-state index in [0.717, 1.165) is 22.0 Å². The fraction of sp³-hybridized carbons (Fsp3) is 0.412. The van der Waals surface area contributed by atoms with Gasteiger partial charge in [0.15, 0.2) is 0 Å². The van der Waals surface area contributed by atoms with Crippen LogP contribution in [-0.4, -0.2) is 28.8 Å². The van der Waals surface area contributed by atoms with Gasteiger partial charge in [0.25, 0.3) is 0 Å². The van der Waals surface area contributed by atoms with E-state index in [1.54, 1.807) is 11.3 Å². The number of hydrogen-bond acceptors (Lipinski definition) is 4. The molecule has 0 fully saturated rings. The molecule has 6 heteroatoms. The number of benzene rings is 1. The van der Waals surface area contributed by atoms with Gasteiger partial charge in [-0.3, -0.25) is 0 Å². The highest BCUT2D eigenvalue weighted by molar-refractivity contribution is 7.13. The third-order valence-corrected chi connectivity index (χ3v) is 4.56. The summed E-state index contributed by atoms with van der Waals surface area (Å²) in [5.41, 5.74) is 2.70. The summed E-state index contributed by atoms with van der Waals surface area (Å²) in [5, 5.41) is 17.8. The standard InChI is InChI=1S/C17H23N3O2S/c1-11(2)15(7-8-21)20-17(22)19-14-6-4-5-13(9-14)16-18-12(3)10-23-16/h4-6,9-11,15,21H,7-8H2,1-3H3,(H2,19,20,22). The first kappa shape index (κ1) is 17.4. The van der Waals surface area contributed by atoms with Crippen molar-refractivity contribution in [3.8, 4) is 10.6 Å². The molecule has 3 N–H and O–H groups in total. The van der Waals surface area contributed by atoms with Crippen LogP contribution in [0.5, 0.6) is 0 Å². The van der Waals surface area contributed by atoms with Crippen molar-refractivity contribution in [2.24, 2.45) is 5.92 Å². The first-order valence-electron chi connectivity index (χ1n) is 7.70. The van der Waals surface area contributed by atoms with Crippen LogP contribution >= 0.6 is 11.3 Å². The smallest absolute Gasteiger partial charge is 0.319 e. The molecule has 2 amide bonds. The second-order valence-corrected chi connectivity index (χ2v) is 6.69. The first-order chi connectivity index (χ1) is 11.0. The molecule has 0 spiro atoms. The predicted octanol–water partition coefficient (Wildman–Crippen LogP) is 3.65. The molecule has 23 heavy (non-hydrogen) atoms. The molecule has 1 heterocycles. The number of aromatic nitrogens is 1. The Labute approximate surface area is 140 Å². The summed E-state index contributed by atoms with van der Waals surface area (Å²) in [5.74, 6) is 0.262. The van der Waals surface area contributed by atoms with Gasteiger partial charge in [-0.15, -0.1) is 11.3 Å². The minimum Gasteiger partial charge on any atom is -0.396 e. The van der Waals surface area contributed by atoms with Crippen molar-refractivity contribution in [3.63, 3.8) is 0 Å². The Kier molecular flexibility index (Phi) is 6.12. The number of carbonyl (C=O) groups excluding carboxylic acids is 1. The molecule has 0 bridgehead atoms. The minimum absolute atomic E-state index is 0.0511. The van der Waals surface area contributed by atoms with E-state index in [2.05, 4.69) is 15.6 Å². The molecule has 1 unspecified atom stereocenters. The van der Waals surface area contributed by atoms with Crippen LogP contribution in [0.1, 0.15) is 26.0 Å². The van der Waals surface area contributed by atoms with Gasteiger partial charge >= 0.3 is 6.03 Å². The van der Waals surface area contributed by atoms with Crippen LogP contribution in [0.2, 0.25) is 0 Å². The van der Waals surface area contributed by atoms with Crippen LogP contribution in [0.25, 0.3) is 10.6 Å². The second-order valence-electron chi connectivity index (χ2n) is 5.84. The Morgan fingerprint density at radius 2 is 2.17 bits per heavy atom. The van der Waals surface area contributed by atoms with Gasteiger partial charge in [0.1, 0.15) is 5.01 Å². The Hall–Kier alpha value is -1.92. The summed E-state index contributed by atoms with van der Waals surface area (Å²) in [6.45, 7) is 6.06. The largest absolute Gasteiger partial charge is 0.396 e. The molecular weight excluding hydrogens is 310 g/mol. The van der Waals surface area contributed by atoms with Gasteiger partial charge in [-0.2, -0.15) is 0 Å². The van der Waals surface area contributed by atoms with Gasteiger partial charge in [-0.25, -0.2) is 9.78 Å². The van der Waals surface area contributed by atoms with Crippen molar-refractivity contribution in [3.05, 3.63) is 35.3 Å². The van der Waals surface area contributed by atoms with Gasteiger partial charge in [0.05, 0.1) is 0 Å². The van der Waals surface area contributed by atoms with Gasteiger partial charge in [0.2, 0.25) is 0 Å². The lowest BCUT2D eigenvalue weighted by Gasteiger charge is -2.21. The van der Waals surface area contributed by atoms with E-state index in [1.165, 1.54) is 0 Å². The van der Waals surface area contributed by atoms with Gasteiger partial charge in [-0.1, -0.05) is 26.0 Å². The molecule has 0 saturated carbocycles. The number of amides is 2. The van der Waals surface area contributed by atoms with Crippen molar-refractivity contribution < 1.29 is 9.90 Å². The predicted molar refractivity (Wildman–Crippen MR) is 94.8 cm³/mol. The van der Waals surface area contributed by atoms with E-state index in [9.17, 15) is 4.79 Å². The lowest BCUT2D eigenvalue weighted by Crippen LogP contribution is -2.41. The summed E-state index contributed by atoms with van der Waals surface area (Å²) in [7, 11) is 0. The van der Waals surface area contributed by atoms with E-state index in [4.69, 9.17) is 5.11 Å². The maximum absolute atomic E-state index is 12.1. The number of nitrogens with zero attached hydrogens (tertiary/aromatic N) is 1. The third kappa shape index (κ3) is 5.04. The van der Waals surface area contributed by atoms with E-state index >= 15 is 0 Å². The Morgan fingerprint density at radius 1 is 1.39 bits per heavy atom. The van der Waals surface area contributed by atoms with Crippen LogP contribution in [0.15, 0.2) is 29.6 Å². The number of rotatable bonds is 6. The van der Waals surface area contributed by atoms with Gasteiger partial charge < -0.3 is 15.7 Å². The van der Waals surface area contributed by atoms with Crippen molar-refractivity contribution in [1.82, 2.24) is 10.3 Å². The number of aryl methyl sites for hydroxylation is 1. The highest BCUT2D eigenvalue weighted by atomic mass is 32.1. The molecule has 0 aliphatic carbocycles. The summed E-state index contributed by atoms with van der Waals surface area (Å²) in [6.07, 6.45) is 0.545. The van der Waals surface area contributed by atoms with Crippen LogP contribution in [0.3, 0.4) is 0 Å².